The average Bonchev–Trinajstić information content (AvgIpc) is 2.79. The van der Waals surface area contributed by atoms with E-state index in [1.54, 1.807) is 45.0 Å². The number of nitrogens with one attached hydrogen (secondary N) is 1. The summed E-state index contributed by atoms with van der Waals surface area (Å²) >= 11 is 0. The summed E-state index contributed by atoms with van der Waals surface area (Å²) in [6.07, 6.45) is 0.747. The number of rotatable bonds is 12. The molecule has 2 aromatic carbocycles. The highest BCUT2D eigenvalue weighted by Gasteiger charge is 2.32. The van der Waals surface area contributed by atoms with Crippen LogP contribution in [0.2, 0.25) is 0 Å². The monoisotopic (exact) mass is 513 g/mol. The fourth-order valence-electron chi connectivity index (χ4n) is 3.95. The van der Waals surface area contributed by atoms with Crippen molar-refractivity contribution in [1.29, 1.82) is 0 Å². The molecule has 9 nitrogen and oxygen atoms in total. The minimum Gasteiger partial charge on any atom is -0.490 e. The number of alkyl carbamates (subject to hydrolysis) is 1. The highest BCUT2D eigenvalue weighted by Crippen LogP contribution is 2.29. The highest BCUT2D eigenvalue weighted by atomic mass is 16.6. The lowest BCUT2D eigenvalue weighted by Gasteiger charge is -2.35. The lowest BCUT2D eigenvalue weighted by Crippen LogP contribution is -2.45. The molecule has 200 valence electrons. The third kappa shape index (κ3) is 9.42. The van der Waals surface area contributed by atoms with Crippen molar-refractivity contribution in [2.24, 2.45) is 5.92 Å². The summed E-state index contributed by atoms with van der Waals surface area (Å²) in [6.45, 7) is 5.53. The van der Waals surface area contributed by atoms with Gasteiger partial charge in [0.15, 0.2) is 0 Å². The molecule has 3 N–H and O–H groups in total. The van der Waals surface area contributed by atoms with Crippen LogP contribution in [-0.2, 0) is 32.1 Å². The van der Waals surface area contributed by atoms with Crippen molar-refractivity contribution < 1.29 is 38.8 Å². The summed E-state index contributed by atoms with van der Waals surface area (Å²) < 4.78 is 17.0. The summed E-state index contributed by atoms with van der Waals surface area (Å²) in [7, 11) is 0. The Morgan fingerprint density at radius 2 is 1.57 bits per heavy atom. The fraction of sp³-hybridized carbons (Fsp3) is 0.464. The van der Waals surface area contributed by atoms with E-state index in [0.29, 0.717) is 12.4 Å². The number of amides is 1. The van der Waals surface area contributed by atoms with Crippen LogP contribution < -0.4 is 10.1 Å². The molecular weight excluding hydrogens is 478 g/mol. The van der Waals surface area contributed by atoms with Gasteiger partial charge in [-0.1, -0.05) is 42.5 Å². The Hall–Kier alpha value is -3.59. The Kier molecular flexibility index (Phi) is 9.52. The van der Waals surface area contributed by atoms with Crippen LogP contribution in [0, 0.1) is 5.92 Å². The molecule has 0 aliphatic heterocycles. The molecular formula is C28H35NO8. The highest BCUT2D eigenvalue weighted by molar-refractivity contribution is 5.81. The van der Waals surface area contributed by atoms with E-state index in [9.17, 15) is 24.6 Å². The minimum atomic E-state index is -1.39. The van der Waals surface area contributed by atoms with Gasteiger partial charge in [-0.2, -0.15) is 0 Å². The number of carboxylic acids is 2. The second-order valence-electron chi connectivity index (χ2n) is 10.3. The van der Waals surface area contributed by atoms with Crippen molar-refractivity contribution in [3.63, 3.8) is 0 Å². The normalized spacial score (nSPS) is 18.7. The van der Waals surface area contributed by atoms with E-state index >= 15 is 0 Å². The topological polar surface area (TPSA) is 131 Å². The first-order chi connectivity index (χ1) is 17.5. The summed E-state index contributed by atoms with van der Waals surface area (Å²) in [5.41, 5.74) is 1.05. The van der Waals surface area contributed by atoms with E-state index in [0.717, 1.165) is 24.0 Å². The van der Waals surface area contributed by atoms with Crippen molar-refractivity contribution >= 4 is 18.0 Å². The van der Waals surface area contributed by atoms with Crippen molar-refractivity contribution in [2.45, 2.75) is 76.9 Å². The molecule has 0 bridgehead atoms. The predicted molar refractivity (Wildman–Crippen MR) is 135 cm³/mol. The summed E-state index contributed by atoms with van der Waals surface area (Å²) in [6, 6.07) is 15.7. The molecule has 0 unspecified atom stereocenters. The number of benzene rings is 2. The van der Waals surface area contributed by atoms with Gasteiger partial charge in [0.1, 0.15) is 23.5 Å². The van der Waals surface area contributed by atoms with Crippen molar-refractivity contribution in [1.82, 2.24) is 5.32 Å². The first kappa shape index (κ1) is 28.0. The van der Waals surface area contributed by atoms with E-state index < -0.39 is 35.6 Å². The number of carbonyl (C=O) groups is 3. The number of carbonyl (C=O) groups excluding carboxylic acids is 1. The Morgan fingerprint density at radius 3 is 2.14 bits per heavy atom. The molecule has 0 saturated heterocycles. The van der Waals surface area contributed by atoms with Crippen LogP contribution in [0.25, 0.3) is 0 Å². The van der Waals surface area contributed by atoms with E-state index in [-0.39, 0.29) is 25.0 Å². The zero-order valence-corrected chi connectivity index (χ0v) is 21.4. The molecule has 0 spiro atoms. The van der Waals surface area contributed by atoms with Gasteiger partial charge in [-0.05, 0) is 56.9 Å². The molecule has 1 fully saturated rings. The minimum absolute atomic E-state index is 0.0636. The van der Waals surface area contributed by atoms with Crippen molar-refractivity contribution in [2.75, 3.05) is 0 Å². The Labute approximate surface area is 216 Å². The van der Waals surface area contributed by atoms with E-state index in [2.05, 4.69) is 5.32 Å². The fourth-order valence-corrected chi connectivity index (χ4v) is 3.95. The van der Waals surface area contributed by atoms with Crippen LogP contribution >= 0.6 is 0 Å². The standard InChI is InChI=1S/C28H35NO8/c1-28(2,3)37-27(34)29-24(26(32)33)14-20(25(30)31)13-18-9-11-21(12-10-18)36-23-15-22(16-23)35-17-19-7-5-4-6-8-19/h4-12,20,22-24H,13-17H2,1-3H3,(H,29,34)(H,30,31)(H,32,33)/t20-,22?,23?,24+/m0/s1. The van der Waals surface area contributed by atoms with Crippen LogP contribution in [0.15, 0.2) is 54.6 Å². The van der Waals surface area contributed by atoms with Crippen LogP contribution in [0.1, 0.15) is 51.2 Å². The maximum absolute atomic E-state index is 12.0. The molecule has 37 heavy (non-hydrogen) atoms. The predicted octanol–water partition coefficient (Wildman–Crippen LogP) is 4.42. The lowest BCUT2D eigenvalue weighted by molar-refractivity contribution is -0.144. The summed E-state index contributed by atoms with van der Waals surface area (Å²) in [5.74, 6) is -2.81. The van der Waals surface area contributed by atoms with Crippen LogP contribution in [0.4, 0.5) is 4.79 Å². The second-order valence-corrected chi connectivity index (χ2v) is 10.3. The number of ether oxygens (including phenoxy) is 3. The summed E-state index contributed by atoms with van der Waals surface area (Å²) in [5, 5.41) is 21.4. The van der Waals surface area contributed by atoms with Gasteiger partial charge in [0.05, 0.1) is 18.6 Å². The summed E-state index contributed by atoms with van der Waals surface area (Å²) in [4.78, 5) is 35.5. The zero-order valence-electron chi connectivity index (χ0n) is 21.4. The van der Waals surface area contributed by atoms with Gasteiger partial charge in [0.2, 0.25) is 0 Å². The first-order valence-electron chi connectivity index (χ1n) is 12.3. The molecule has 0 radical (unpaired) electrons. The molecule has 9 heteroatoms. The van der Waals surface area contributed by atoms with Crippen molar-refractivity contribution in [3.8, 4) is 5.75 Å². The van der Waals surface area contributed by atoms with Gasteiger partial charge in [0.25, 0.3) is 0 Å². The van der Waals surface area contributed by atoms with E-state index in [4.69, 9.17) is 14.2 Å². The average molecular weight is 514 g/mol. The molecule has 1 aliphatic rings. The molecule has 3 rings (SSSR count). The molecule has 1 amide bonds. The Bertz CT molecular complexity index is 1040. The molecule has 0 heterocycles. The smallest absolute Gasteiger partial charge is 0.408 e. The quantitative estimate of drug-likeness (QED) is 0.380. The molecule has 1 saturated carbocycles. The zero-order chi connectivity index (χ0) is 27.0. The molecule has 0 aromatic heterocycles. The maximum Gasteiger partial charge on any atom is 0.408 e. The van der Waals surface area contributed by atoms with Gasteiger partial charge in [0, 0.05) is 12.8 Å². The molecule has 2 atom stereocenters. The number of aliphatic carboxylic acids is 2. The SMILES string of the molecule is CC(C)(C)OC(=O)N[C@H](C[C@H](Cc1ccc(OC2CC(OCc3ccccc3)C2)cc1)C(=O)O)C(=O)O. The van der Waals surface area contributed by atoms with Gasteiger partial charge < -0.3 is 29.7 Å². The second kappa shape index (κ2) is 12.6. The number of carboxylic acid groups (broad SMARTS) is 2. The Morgan fingerprint density at radius 1 is 0.919 bits per heavy atom. The lowest BCUT2D eigenvalue weighted by atomic mass is 9.91. The van der Waals surface area contributed by atoms with Gasteiger partial charge in [-0.15, -0.1) is 0 Å². The van der Waals surface area contributed by atoms with Crippen LogP contribution in [0.5, 0.6) is 5.75 Å². The Balaban J connectivity index is 1.47. The van der Waals surface area contributed by atoms with Gasteiger partial charge in [-0.25, -0.2) is 9.59 Å². The first-order valence-corrected chi connectivity index (χ1v) is 12.3. The van der Waals surface area contributed by atoms with Crippen LogP contribution in [-0.4, -0.2) is 52.1 Å². The third-order valence-corrected chi connectivity index (χ3v) is 5.95. The van der Waals surface area contributed by atoms with Crippen LogP contribution in [0.3, 0.4) is 0 Å². The van der Waals surface area contributed by atoms with Gasteiger partial charge >= 0.3 is 18.0 Å². The number of hydrogen-bond donors (Lipinski definition) is 3. The molecule has 1 aliphatic carbocycles. The maximum atomic E-state index is 12.0. The van der Waals surface area contributed by atoms with E-state index in [1.165, 1.54) is 0 Å². The van der Waals surface area contributed by atoms with Crippen molar-refractivity contribution in [3.05, 3.63) is 65.7 Å². The third-order valence-electron chi connectivity index (χ3n) is 5.95. The van der Waals surface area contributed by atoms with E-state index in [1.807, 2.05) is 30.3 Å². The number of hydrogen-bond acceptors (Lipinski definition) is 6. The van der Waals surface area contributed by atoms with Gasteiger partial charge in [-0.3, -0.25) is 4.79 Å². The largest absolute Gasteiger partial charge is 0.490 e. The molecule has 2 aromatic rings.